The summed E-state index contributed by atoms with van der Waals surface area (Å²) in [5, 5.41) is 49.4. The lowest BCUT2D eigenvalue weighted by Crippen LogP contribution is -2.65. The first-order valence-electron chi connectivity index (χ1n) is 15.3. The van der Waals surface area contributed by atoms with E-state index in [1.807, 2.05) is 19.0 Å². The number of fused-ring (bicyclic) bond motifs is 3. The molecule has 0 bridgehead atoms. The molecule has 7 N–H and O–H groups in total. The van der Waals surface area contributed by atoms with Crippen molar-refractivity contribution in [1.29, 1.82) is 0 Å². The molecular weight excluding hydrogens is 606 g/mol. The number of nitrogens with one attached hydrogen (secondary N) is 1. The third-order valence-corrected chi connectivity index (χ3v) is 9.46. The molecule has 2 aromatic rings. The van der Waals surface area contributed by atoms with Gasteiger partial charge in [0.15, 0.2) is 11.4 Å². The Morgan fingerprint density at radius 1 is 1.04 bits per heavy atom. The lowest BCUT2D eigenvalue weighted by atomic mass is 9.57. The number of nitrogens with zero attached hydrogens (tertiary/aromatic N) is 3. The lowest BCUT2D eigenvalue weighted by molar-refractivity contribution is -0.153. The van der Waals surface area contributed by atoms with Crippen molar-refractivity contribution in [2.75, 3.05) is 60.3 Å². The summed E-state index contributed by atoms with van der Waals surface area (Å²) < 4.78 is 0. The number of likely N-dealkylation sites (N-methyl/N-ethyl adjacent to an activating group) is 2. The Labute approximate surface area is 272 Å². The van der Waals surface area contributed by atoms with Gasteiger partial charge < -0.3 is 41.3 Å². The number of phenolic OH excluding ortho intramolecular Hbond substituents is 1. The van der Waals surface area contributed by atoms with Gasteiger partial charge in [0.05, 0.1) is 11.6 Å². The van der Waals surface area contributed by atoms with Crippen LogP contribution >= 0.6 is 0 Å². The fourth-order valence-electron chi connectivity index (χ4n) is 7.23. The van der Waals surface area contributed by atoms with Gasteiger partial charge in [-0.15, -0.1) is 0 Å². The van der Waals surface area contributed by atoms with E-state index in [0.29, 0.717) is 35.5 Å². The van der Waals surface area contributed by atoms with E-state index in [9.17, 15) is 39.6 Å². The van der Waals surface area contributed by atoms with Crippen LogP contribution in [0.3, 0.4) is 0 Å². The molecule has 0 spiro atoms. The van der Waals surface area contributed by atoms with Crippen LogP contribution in [0.5, 0.6) is 5.75 Å². The monoisotopic (exact) mass is 647 g/mol. The Kier molecular flexibility index (Phi) is 8.69. The van der Waals surface area contributed by atoms with Crippen molar-refractivity contribution in [2.24, 2.45) is 17.6 Å². The highest BCUT2D eigenvalue weighted by Gasteiger charge is 2.64. The third-order valence-electron chi connectivity index (χ3n) is 9.46. The SMILES string of the molecule is CN(C)CCNC(=O)c1cccc(-c2cc(N(C)C)c3c(c2O)C(O)=C2C(=O)[C@]4(O)C(O)=C(C(N)=O)C(=O)[C@@H](N(C)C)[C@@H]4CC2C3)c1. The summed E-state index contributed by atoms with van der Waals surface area (Å²) in [7, 11) is 10.5. The van der Waals surface area contributed by atoms with Crippen LogP contribution in [0.4, 0.5) is 5.69 Å². The number of benzene rings is 2. The quantitative estimate of drug-likeness (QED) is 0.224. The standard InChI is InChI=1S/C34H41N5O8/c1-37(2)11-10-36-33(46)17-9-7-8-16(12-17)19-15-22(38(3)4)20-13-18-14-21-26(39(5)6)29(42)25(32(35)45)31(44)34(21,47)30(43)23(18)28(41)24(20)27(19)40/h7-9,12,15,18,21,26,40-41,44,47H,10-11,13-14H2,1-6H3,(H2,35,45)(H,36,46)/t18?,21-,26-,34-/m0/s1. The molecule has 1 unspecified atom stereocenters. The minimum absolute atomic E-state index is 0.00781. The van der Waals surface area contributed by atoms with Crippen molar-refractivity contribution in [3.63, 3.8) is 0 Å². The first kappa shape index (κ1) is 33.6. The van der Waals surface area contributed by atoms with E-state index in [4.69, 9.17) is 5.73 Å². The molecule has 3 aliphatic carbocycles. The van der Waals surface area contributed by atoms with Gasteiger partial charge in [0, 0.05) is 55.5 Å². The summed E-state index contributed by atoms with van der Waals surface area (Å²) in [5.74, 6) is -7.40. The molecule has 1 saturated carbocycles. The maximum Gasteiger partial charge on any atom is 0.255 e. The highest BCUT2D eigenvalue weighted by atomic mass is 16.3. The average Bonchev–Trinajstić information content (AvgIpc) is 2.98. The fraction of sp³-hybridized carbons (Fsp3) is 0.412. The number of hydrogen-bond donors (Lipinski definition) is 6. The van der Waals surface area contributed by atoms with Crippen molar-refractivity contribution < 1.29 is 39.6 Å². The van der Waals surface area contributed by atoms with Gasteiger partial charge in [0.25, 0.3) is 11.8 Å². The lowest BCUT2D eigenvalue weighted by Gasteiger charge is -2.50. The number of anilines is 1. The van der Waals surface area contributed by atoms with E-state index in [-0.39, 0.29) is 41.2 Å². The predicted octanol–water partition coefficient (Wildman–Crippen LogP) is 0.988. The normalized spacial score (nSPS) is 23.9. The third kappa shape index (κ3) is 5.33. The molecule has 4 atom stereocenters. The zero-order valence-corrected chi connectivity index (χ0v) is 27.3. The van der Waals surface area contributed by atoms with Gasteiger partial charge in [-0.3, -0.25) is 24.1 Å². The van der Waals surface area contributed by atoms with Crippen molar-refractivity contribution >= 4 is 34.8 Å². The maximum atomic E-state index is 14.2. The number of Topliss-reactive ketones (excluding diaryl/α,β-unsaturated/α-hetero) is 2. The smallest absolute Gasteiger partial charge is 0.255 e. The minimum atomic E-state index is -2.73. The summed E-state index contributed by atoms with van der Waals surface area (Å²) in [6, 6.07) is 7.24. The molecule has 3 aliphatic rings. The van der Waals surface area contributed by atoms with Crippen LogP contribution in [0.25, 0.3) is 16.9 Å². The largest absolute Gasteiger partial charge is 0.508 e. The highest BCUT2D eigenvalue weighted by molar-refractivity contribution is 6.24. The van der Waals surface area contributed by atoms with Crippen LogP contribution in [-0.2, 0) is 20.8 Å². The molecule has 0 heterocycles. The fourth-order valence-corrected chi connectivity index (χ4v) is 7.23. The van der Waals surface area contributed by atoms with Crippen LogP contribution in [0.1, 0.15) is 27.9 Å². The van der Waals surface area contributed by atoms with Crippen molar-refractivity contribution in [3.8, 4) is 16.9 Å². The molecule has 2 amide bonds. The van der Waals surface area contributed by atoms with Crippen molar-refractivity contribution in [1.82, 2.24) is 15.1 Å². The molecule has 5 rings (SSSR count). The number of amides is 2. The van der Waals surface area contributed by atoms with Crippen molar-refractivity contribution in [3.05, 3.63) is 63.9 Å². The predicted molar refractivity (Wildman–Crippen MR) is 175 cm³/mol. The van der Waals surface area contributed by atoms with Gasteiger partial charge in [-0.25, -0.2) is 0 Å². The van der Waals surface area contributed by atoms with Gasteiger partial charge in [-0.2, -0.15) is 0 Å². The maximum absolute atomic E-state index is 14.2. The van der Waals surface area contributed by atoms with Gasteiger partial charge in [-0.1, -0.05) is 12.1 Å². The average molecular weight is 648 g/mol. The van der Waals surface area contributed by atoms with Crippen LogP contribution < -0.4 is 16.0 Å². The number of carbonyl (C=O) groups is 4. The summed E-state index contributed by atoms with van der Waals surface area (Å²) in [6.45, 7) is 1.08. The number of phenols is 1. The first-order valence-corrected chi connectivity index (χ1v) is 15.3. The summed E-state index contributed by atoms with van der Waals surface area (Å²) >= 11 is 0. The number of hydrogen-bond acceptors (Lipinski definition) is 11. The number of nitrogens with two attached hydrogens (primary N) is 1. The number of aliphatic hydroxyl groups is 3. The number of rotatable bonds is 8. The number of ketones is 2. The number of carbonyl (C=O) groups excluding carboxylic acids is 4. The Hall–Kier alpha value is -4.72. The molecule has 47 heavy (non-hydrogen) atoms. The molecule has 0 saturated heterocycles. The number of aliphatic hydroxyl groups excluding tert-OH is 2. The van der Waals surface area contributed by atoms with Gasteiger partial charge in [-0.05, 0) is 76.3 Å². The zero-order valence-electron chi connectivity index (χ0n) is 27.3. The molecule has 0 aromatic heterocycles. The second-order valence-corrected chi connectivity index (χ2v) is 13.1. The van der Waals surface area contributed by atoms with Crippen LogP contribution in [-0.4, -0.2) is 121 Å². The summed E-state index contributed by atoms with van der Waals surface area (Å²) in [6.07, 6.45) is 0.149. The zero-order chi connectivity index (χ0) is 34.7. The molecule has 0 aliphatic heterocycles. The molecule has 1 fully saturated rings. The molecule has 13 heteroatoms. The summed E-state index contributed by atoms with van der Waals surface area (Å²) in [5.41, 5.74) is 3.87. The van der Waals surface area contributed by atoms with Crippen molar-refractivity contribution in [2.45, 2.75) is 24.5 Å². The van der Waals surface area contributed by atoms with E-state index in [1.165, 1.54) is 4.90 Å². The minimum Gasteiger partial charge on any atom is -0.508 e. The number of aromatic hydroxyl groups is 1. The Morgan fingerprint density at radius 3 is 2.32 bits per heavy atom. The summed E-state index contributed by atoms with van der Waals surface area (Å²) in [4.78, 5) is 57.9. The van der Waals surface area contributed by atoms with Gasteiger partial charge >= 0.3 is 0 Å². The Balaban J connectivity index is 1.67. The van der Waals surface area contributed by atoms with Gasteiger partial charge in [0.1, 0.15) is 22.8 Å². The van der Waals surface area contributed by atoms with E-state index < -0.39 is 58.0 Å². The Bertz CT molecular complexity index is 1760. The molecule has 2 aromatic carbocycles. The van der Waals surface area contributed by atoms with E-state index >= 15 is 0 Å². The van der Waals surface area contributed by atoms with E-state index in [2.05, 4.69) is 5.32 Å². The molecular formula is C34H41N5O8. The molecule has 13 nitrogen and oxygen atoms in total. The highest BCUT2D eigenvalue weighted by Crippen LogP contribution is 2.55. The Morgan fingerprint density at radius 2 is 1.72 bits per heavy atom. The second-order valence-electron chi connectivity index (χ2n) is 13.1. The van der Waals surface area contributed by atoms with E-state index in [1.54, 1.807) is 63.4 Å². The second kappa shape index (κ2) is 12.1. The van der Waals surface area contributed by atoms with Crippen LogP contribution in [0.15, 0.2) is 47.2 Å². The van der Waals surface area contributed by atoms with Gasteiger partial charge in [0.2, 0.25) is 5.78 Å². The molecule has 250 valence electrons. The molecule has 0 radical (unpaired) electrons. The topological polar surface area (TPSA) is 197 Å². The van der Waals surface area contributed by atoms with E-state index in [0.717, 1.165) is 0 Å². The number of primary amides is 1. The van der Waals surface area contributed by atoms with Crippen LogP contribution in [0.2, 0.25) is 0 Å². The van der Waals surface area contributed by atoms with Crippen LogP contribution in [0, 0.1) is 11.8 Å². The first-order chi connectivity index (χ1) is 22.0.